The van der Waals surface area contributed by atoms with Crippen LogP contribution in [-0.4, -0.2) is 64.7 Å². The van der Waals surface area contributed by atoms with Crippen LogP contribution in [0.1, 0.15) is 50.6 Å². The van der Waals surface area contributed by atoms with Gasteiger partial charge in [-0.1, -0.05) is 24.3 Å². The second-order valence-corrected chi connectivity index (χ2v) is 11.8. The summed E-state index contributed by atoms with van der Waals surface area (Å²) in [4.78, 5) is 23.1. The molecule has 0 bridgehead atoms. The van der Waals surface area contributed by atoms with Gasteiger partial charge in [-0.2, -0.15) is 0 Å². The quantitative estimate of drug-likeness (QED) is 0.281. The Labute approximate surface area is 227 Å². The third kappa shape index (κ3) is 5.04. The number of carbonyl (C=O) groups excluding carboxylic acids is 1. The maximum absolute atomic E-state index is 13.5. The van der Waals surface area contributed by atoms with Gasteiger partial charge in [0.1, 0.15) is 23.5 Å². The molecule has 0 N–H and O–H groups in total. The molecule has 0 aliphatic heterocycles. The Kier molecular flexibility index (Phi) is 7.46. The van der Waals surface area contributed by atoms with Crippen LogP contribution in [0.4, 0.5) is 4.79 Å². The molecular formula is C28H33N5O5S. The molecule has 0 saturated heterocycles. The van der Waals surface area contributed by atoms with E-state index in [4.69, 9.17) is 14.5 Å². The fourth-order valence-corrected chi connectivity index (χ4v) is 6.50. The summed E-state index contributed by atoms with van der Waals surface area (Å²) in [6, 6.07) is 10.2. The highest BCUT2D eigenvalue weighted by Gasteiger charge is 2.31. The second kappa shape index (κ2) is 10.8. The van der Waals surface area contributed by atoms with E-state index in [-0.39, 0.29) is 29.2 Å². The van der Waals surface area contributed by atoms with Gasteiger partial charge in [-0.05, 0) is 50.8 Å². The SMILES string of the molecule is C=CCO[C@H](C)c1nc2cnc3c(ccn3S(=O)(=O)c3ccccc3)c2n1C1CCC(OC(=O)N(C)C)CC1. The molecule has 1 fully saturated rings. The number of aromatic nitrogens is 4. The number of nitrogens with zero attached hydrogens (tertiary/aromatic N) is 5. The number of hydrogen-bond donors (Lipinski definition) is 0. The number of fused-ring (bicyclic) bond motifs is 3. The third-order valence-electron chi connectivity index (χ3n) is 7.13. The zero-order valence-electron chi connectivity index (χ0n) is 22.4. The van der Waals surface area contributed by atoms with Gasteiger partial charge in [-0.3, -0.25) is 0 Å². The van der Waals surface area contributed by atoms with E-state index in [1.807, 2.05) is 6.92 Å². The average molecular weight is 552 g/mol. The van der Waals surface area contributed by atoms with E-state index in [1.54, 1.807) is 69.0 Å². The van der Waals surface area contributed by atoms with Crippen molar-refractivity contribution in [3.8, 4) is 0 Å². The van der Waals surface area contributed by atoms with E-state index in [1.165, 1.54) is 8.87 Å². The number of ether oxygens (including phenoxy) is 2. The Hall–Kier alpha value is -3.70. The fourth-order valence-electron chi connectivity index (χ4n) is 5.18. The average Bonchev–Trinajstić information content (AvgIpc) is 3.55. The molecule has 1 aromatic carbocycles. The highest BCUT2D eigenvalue weighted by molar-refractivity contribution is 7.90. The molecule has 1 aliphatic rings. The summed E-state index contributed by atoms with van der Waals surface area (Å²) >= 11 is 0. The van der Waals surface area contributed by atoms with Crippen molar-refractivity contribution in [3.63, 3.8) is 0 Å². The van der Waals surface area contributed by atoms with Gasteiger partial charge in [0.25, 0.3) is 10.0 Å². The van der Waals surface area contributed by atoms with Crippen molar-refractivity contribution in [3.05, 3.63) is 67.3 Å². The van der Waals surface area contributed by atoms with Crippen LogP contribution >= 0.6 is 0 Å². The summed E-state index contributed by atoms with van der Waals surface area (Å²) in [6.07, 6.45) is 7.01. The van der Waals surface area contributed by atoms with Crippen LogP contribution in [0.3, 0.4) is 0 Å². The van der Waals surface area contributed by atoms with Crippen LogP contribution in [0.15, 0.2) is 66.3 Å². The van der Waals surface area contributed by atoms with Crippen LogP contribution in [0.2, 0.25) is 0 Å². The minimum absolute atomic E-state index is 0.0637. The molecule has 1 atom stereocenters. The predicted octanol–water partition coefficient (Wildman–Crippen LogP) is 5.07. The summed E-state index contributed by atoms with van der Waals surface area (Å²) in [7, 11) is -0.495. The number of carbonyl (C=O) groups is 1. The number of benzene rings is 1. The van der Waals surface area contributed by atoms with Crippen molar-refractivity contribution < 1.29 is 22.7 Å². The molecule has 39 heavy (non-hydrogen) atoms. The third-order valence-corrected chi connectivity index (χ3v) is 8.81. The zero-order valence-corrected chi connectivity index (χ0v) is 23.2. The monoisotopic (exact) mass is 551 g/mol. The molecule has 0 radical (unpaired) electrons. The summed E-state index contributed by atoms with van der Waals surface area (Å²) in [6.45, 7) is 6.07. The first-order chi connectivity index (χ1) is 18.7. The molecule has 206 valence electrons. The first-order valence-corrected chi connectivity index (χ1v) is 14.4. The largest absolute Gasteiger partial charge is 0.446 e. The maximum Gasteiger partial charge on any atom is 0.409 e. The second-order valence-electron chi connectivity index (χ2n) is 9.97. The first-order valence-electron chi connectivity index (χ1n) is 13.0. The molecule has 1 saturated carbocycles. The Balaban J connectivity index is 1.59. The summed E-state index contributed by atoms with van der Waals surface area (Å²) in [5.41, 5.74) is 1.83. The molecule has 3 heterocycles. The zero-order chi connectivity index (χ0) is 27.7. The Morgan fingerprint density at radius 2 is 1.90 bits per heavy atom. The Morgan fingerprint density at radius 1 is 1.18 bits per heavy atom. The summed E-state index contributed by atoms with van der Waals surface area (Å²) in [5.74, 6) is 0.744. The molecule has 11 heteroatoms. The minimum Gasteiger partial charge on any atom is -0.446 e. The van der Waals surface area contributed by atoms with E-state index < -0.39 is 10.0 Å². The van der Waals surface area contributed by atoms with Crippen LogP contribution < -0.4 is 0 Å². The van der Waals surface area contributed by atoms with Crippen molar-refractivity contribution in [1.82, 2.24) is 23.4 Å². The topological polar surface area (TPSA) is 109 Å². The standard InChI is InChI=1S/C28H33N5O5S/c1-5-17-37-19(2)26-30-24-18-29-27-23(15-16-32(27)39(35,36)22-9-7-6-8-10-22)25(24)33(26)20-11-13-21(14-12-20)38-28(34)31(3)4/h5-10,15-16,18-21H,1,11-14,17H2,2-4H3/t19-,20?,21?/m1/s1. The van der Waals surface area contributed by atoms with Crippen molar-refractivity contribution in [2.45, 2.75) is 55.8 Å². The normalized spacial score (nSPS) is 18.7. The Bertz CT molecular complexity index is 1600. The lowest BCUT2D eigenvalue weighted by molar-refractivity contribution is 0.0454. The molecule has 1 amide bonds. The number of pyridine rings is 1. The van der Waals surface area contributed by atoms with Crippen LogP contribution in [0, 0.1) is 0 Å². The molecule has 3 aromatic heterocycles. The highest BCUT2D eigenvalue weighted by Crippen LogP contribution is 2.38. The van der Waals surface area contributed by atoms with E-state index in [9.17, 15) is 13.2 Å². The van der Waals surface area contributed by atoms with Crippen molar-refractivity contribution in [1.29, 1.82) is 0 Å². The maximum atomic E-state index is 13.5. The molecule has 5 rings (SSSR count). The number of hydrogen-bond acceptors (Lipinski definition) is 7. The van der Waals surface area contributed by atoms with E-state index >= 15 is 0 Å². The highest BCUT2D eigenvalue weighted by atomic mass is 32.2. The molecule has 0 spiro atoms. The molecule has 0 unspecified atom stereocenters. The molecule has 10 nitrogen and oxygen atoms in total. The summed E-state index contributed by atoms with van der Waals surface area (Å²) < 4.78 is 41.9. The first kappa shape index (κ1) is 26.9. The van der Waals surface area contributed by atoms with Crippen molar-refractivity contribution in [2.24, 2.45) is 0 Å². The molecule has 1 aliphatic carbocycles. The predicted molar refractivity (Wildman–Crippen MR) is 148 cm³/mol. The van der Waals surface area contributed by atoms with Gasteiger partial charge in [-0.25, -0.2) is 27.2 Å². The smallest absolute Gasteiger partial charge is 0.409 e. The van der Waals surface area contributed by atoms with Gasteiger partial charge < -0.3 is 18.9 Å². The lowest BCUT2D eigenvalue weighted by atomic mass is 9.92. The number of rotatable bonds is 8. The lowest BCUT2D eigenvalue weighted by Crippen LogP contribution is -2.31. The lowest BCUT2D eigenvalue weighted by Gasteiger charge is -2.31. The van der Waals surface area contributed by atoms with Gasteiger partial charge in [0, 0.05) is 31.7 Å². The number of imidazole rings is 1. The van der Waals surface area contributed by atoms with E-state index in [2.05, 4.69) is 16.1 Å². The van der Waals surface area contributed by atoms with E-state index in [0.717, 1.165) is 24.2 Å². The summed E-state index contributed by atoms with van der Waals surface area (Å²) in [5, 5.41) is 0.697. The molecular weight excluding hydrogens is 518 g/mol. The van der Waals surface area contributed by atoms with Gasteiger partial charge in [-0.15, -0.1) is 6.58 Å². The van der Waals surface area contributed by atoms with Crippen LogP contribution in [0.5, 0.6) is 0 Å². The van der Waals surface area contributed by atoms with Gasteiger partial charge >= 0.3 is 6.09 Å². The number of amides is 1. The minimum atomic E-state index is -3.84. The Morgan fingerprint density at radius 3 is 2.56 bits per heavy atom. The fraction of sp³-hybridized carbons (Fsp3) is 0.393. The van der Waals surface area contributed by atoms with E-state index in [0.29, 0.717) is 36.0 Å². The van der Waals surface area contributed by atoms with Crippen LogP contribution in [-0.2, 0) is 19.5 Å². The molecule has 4 aromatic rings. The van der Waals surface area contributed by atoms with Gasteiger partial charge in [0.2, 0.25) is 0 Å². The van der Waals surface area contributed by atoms with Gasteiger partial charge in [0.15, 0.2) is 5.65 Å². The van der Waals surface area contributed by atoms with Crippen LogP contribution in [0.25, 0.3) is 22.1 Å². The van der Waals surface area contributed by atoms with Gasteiger partial charge in [0.05, 0.1) is 23.2 Å². The van der Waals surface area contributed by atoms with Crippen molar-refractivity contribution >= 4 is 38.2 Å². The van der Waals surface area contributed by atoms with Crippen molar-refractivity contribution in [2.75, 3.05) is 20.7 Å².